The van der Waals surface area contributed by atoms with Crippen LogP contribution in [0.5, 0.6) is 0 Å². The minimum Gasteiger partial charge on any atom is -0.155 e. The van der Waals surface area contributed by atoms with Crippen LogP contribution in [0, 0.1) is 6.92 Å². The topological polar surface area (TPSA) is 25.8 Å². The first-order valence-electron chi connectivity index (χ1n) is 3.19. The summed E-state index contributed by atoms with van der Waals surface area (Å²) in [6.45, 7) is 4.14. The van der Waals surface area contributed by atoms with E-state index in [0.717, 1.165) is 21.5 Å². The zero-order valence-electron chi connectivity index (χ0n) is 6.13. The van der Waals surface area contributed by atoms with E-state index < -0.39 is 0 Å². The van der Waals surface area contributed by atoms with Crippen LogP contribution in [0.4, 0.5) is 0 Å². The van der Waals surface area contributed by atoms with Crippen molar-refractivity contribution in [3.05, 3.63) is 10.0 Å². The summed E-state index contributed by atoms with van der Waals surface area (Å²) in [5, 5.41) is 10.1. The summed E-state index contributed by atoms with van der Waals surface area (Å²) in [6, 6.07) is 0. The smallest absolute Gasteiger partial charge is 0.127 e. The summed E-state index contributed by atoms with van der Waals surface area (Å²) in [7, 11) is 0. The molecule has 0 atom stereocenters. The zero-order valence-corrected chi connectivity index (χ0v) is 7.76. The Labute approximate surface area is 69.1 Å². The monoisotopic (exact) mass is 174 g/mol. The van der Waals surface area contributed by atoms with Crippen LogP contribution in [0.3, 0.4) is 0 Å². The summed E-state index contributed by atoms with van der Waals surface area (Å²) >= 11 is 3.57. The highest BCUT2D eigenvalue weighted by molar-refractivity contribution is 7.98. The van der Waals surface area contributed by atoms with Gasteiger partial charge in [-0.2, -0.15) is 11.8 Å². The van der Waals surface area contributed by atoms with Crippen LogP contribution in [0.2, 0.25) is 0 Å². The van der Waals surface area contributed by atoms with Crippen molar-refractivity contribution in [3.63, 3.8) is 0 Å². The molecule has 0 aliphatic carbocycles. The Morgan fingerprint density at radius 1 is 1.50 bits per heavy atom. The molecule has 0 fully saturated rings. The quantitative estimate of drug-likeness (QED) is 0.702. The number of aryl methyl sites for hydroxylation is 1. The van der Waals surface area contributed by atoms with Crippen molar-refractivity contribution in [2.24, 2.45) is 0 Å². The highest BCUT2D eigenvalue weighted by Crippen LogP contribution is 2.14. The van der Waals surface area contributed by atoms with Crippen molar-refractivity contribution >= 4 is 23.1 Å². The summed E-state index contributed by atoms with van der Waals surface area (Å²) in [4.78, 5) is 0. The lowest BCUT2D eigenvalue weighted by atomic mass is 10.8. The summed E-state index contributed by atoms with van der Waals surface area (Å²) in [5.74, 6) is 2.17. The Balaban J connectivity index is 2.42. The van der Waals surface area contributed by atoms with Crippen LogP contribution in [0.1, 0.15) is 16.9 Å². The fourth-order valence-corrected chi connectivity index (χ4v) is 2.01. The molecule has 0 aliphatic rings. The summed E-state index contributed by atoms with van der Waals surface area (Å²) in [5.41, 5.74) is 0. The van der Waals surface area contributed by atoms with E-state index in [1.807, 2.05) is 18.7 Å². The van der Waals surface area contributed by atoms with Crippen molar-refractivity contribution in [1.82, 2.24) is 10.2 Å². The number of aromatic nitrogens is 2. The Hall–Kier alpha value is -0.0900. The molecule has 0 bridgehead atoms. The molecule has 0 spiro atoms. The Morgan fingerprint density at radius 3 is 2.80 bits per heavy atom. The maximum absolute atomic E-state index is 4.00. The molecule has 1 heterocycles. The molecule has 1 aromatic rings. The second-order valence-corrected chi connectivity index (χ2v) is 4.39. The average Bonchev–Trinajstić information content (AvgIpc) is 2.31. The molecular weight excluding hydrogens is 164 g/mol. The molecule has 0 unspecified atom stereocenters. The van der Waals surface area contributed by atoms with Gasteiger partial charge in [-0.3, -0.25) is 0 Å². The van der Waals surface area contributed by atoms with E-state index in [2.05, 4.69) is 17.1 Å². The highest BCUT2D eigenvalue weighted by atomic mass is 32.2. The number of nitrogens with zero attached hydrogens (tertiary/aromatic N) is 2. The van der Waals surface area contributed by atoms with Gasteiger partial charge in [-0.15, -0.1) is 21.5 Å². The number of rotatable bonds is 3. The number of hydrogen-bond donors (Lipinski definition) is 0. The van der Waals surface area contributed by atoms with Gasteiger partial charge in [0.05, 0.1) is 0 Å². The van der Waals surface area contributed by atoms with Gasteiger partial charge in [-0.1, -0.05) is 6.92 Å². The summed E-state index contributed by atoms with van der Waals surface area (Å²) < 4.78 is 0. The van der Waals surface area contributed by atoms with Crippen molar-refractivity contribution in [3.8, 4) is 0 Å². The highest BCUT2D eigenvalue weighted by Gasteiger charge is 1.97. The lowest BCUT2D eigenvalue weighted by molar-refractivity contribution is 1.01. The predicted molar refractivity (Wildman–Crippen MR) is 46.5 cm³/mol. The number of thioether (sulfide) groups is 1. The first kappa shape index (κ1) is 8.01. The lowest BCUT2D eigenvalue weighted by Gasteiger charge is -1.88. The van der Waals surface area contributed by atoms with Crippen molar-refractivity contribution < 1.29 is 0 Å². The maximum Gasteiger partial charge on any atom is 0.127 e. The molecule has 0 aromatic carbocycles. The molecule has 0 saturated heterocycles. The van der Waals surface area contributed by atoms with Gasteiger partial charge in [-0.05, 0) is 12.7 Å². The van der Waals surface area contributed by atoms with Gasteiger partial charge >= 0.3 is 0 Å². The fourth-order valence-electron chi connectivity index (χ4n) is 0.585. The van der Waals surface area contributed by atoms with Crippen molar-refractivity contribution in [2.45, 2.75) is 19.6 Å². The molecule has 56 valence electrons. The Morgan fingerprint density at radius 2 is 2.30 bits per heavy atom. The Kier molecular flexibility index (Phi) is 3.15. The van der Waals surface area contributed by atoms with Crippen molar-refractivity contribution in [2.75, 3.05) is 5.75 Å². The molecule has 1 rings (SSSR count). The largest absolute Gasteiger partial charge is 0.155 e. The average molecular weight is 174 g/mol. The van der Waals surface area contributed by atoms with Crippen LogP contribution < -0.4 is 0 Å². The van der Waals surface area contributed by atoms with E-state index >= 15 is 0 Å². The first-order valence-corrected chi connectivity index (χ1v) is 5.16. The van der Waals surface area contributed by atoms with Crippen molar-refractivity contribution in [1.29, 1.82) is 0 Å². The molecule has 0 radical (unpaired) electrons. The molecule has 4 heteroatoms. The minimum atomic E-state index is 1.02. The molecular formula is C6H10N2S2. The van der Waals surface area contributed by atoms with E-state index in [0.29, 0.717) is 0 Å². The van der Waals surface area contributed by atoms with E-state index in [-0.39, 0.29) is 0 Å². The molecule has 0 amide bonds. The maximum atomic E-state index is 4.00. The standard InChI is InChI=1S/C6H10N2S2/c1-3-9-4-6-8-7-5(2)10-6/h3-4H2,1-2H3. The van der Waals surface area contributed by atoms with Gasteiger partial charge in [-0.25, -0.2) is 0 Å². The zero-order chi connectivity index (χ0) is 7.40. The third-order valence-electron chi connectivity index (χ3n) is 0.998. The second-order valence-electron chi connectivity index (χ2n) is 1.85. The summed E-state index contributed by atoms with van der Waals surface area (Å²) in [6.07, 6.45) is 0. The molecule has 10 heavy (non-hydrogen) atoms. The van der Waals surface area contributed by atoms with E-state index in [1.165, 1.54) is 0 Å². The van der Waals surface area contributed by atoms with Crippen LogP contribution in [0.25, 0.3) is 0 Å². The van der Waals surface area contributed by atoms with Crippen LogP contribution in [-0.4, -0.2) is 16.0 Å². The van der Waals surface area contributed by atoms with Gasteiger partial charge < -0.3 is 0 Å². The van der Waals surface area contributed by atoms with Crippen LogP contribution >= 0.6 is 23.1 Å². The molecule has 0 N–H and O–H groups in total. The first-order chi connectivity index (χ1) is 4.83. The SMILES string of the molecule is CCSCc1nnc(C)s1. The van der Waals surface area contributed by atoms with Crippen LogP contribution in [-0.2, 0) is 5.75 Å². The fraction of sp³-hybridized carbons (Fsp3) is 0.667. The molecule has 0 aliphatic heterocycles. The van der Waals surface area contributed by atoms with Crippen LogP contribution in [0.15, 0.2) is 0 Å². The van der Waals surface area contributed by atoms with Gasteiger partial charge in [0.25, 0.3) is 0 Å². The van der Waals surface area contributed by atoms with E-state index in [4.69, 9.17) is 0 Å². The van der Waals surface area contributed by atoms with E-state index in [1.54, 1.807) is 11.3 Å². The minimum absolute atomic E-state index is 1.02. The van der Waals surface area contributed by atoms with E-state index in [9.17, 15) is 0 Å². The number of hydrogen-bond acceptors (Lipinski definition) is 4. The van der Waals surface area contributed by atoms with Gasteiger partial charge in [0.15, 0.2) is 0 Å². The van der Waals surface area contributed by atoms with Gasteiger partial charge in [0.2, 0.25) is 0 Å². The molecule has 0 saturated carbocycles. The third kappa shape index (κ3) is 2.27. The Bertz CT molecular complexity index is 197. The normalized spacial score (nSPS) is 10.2. The predicted octanol–water partition coefficient (Wildman–Crippen LogP) is 2.10. The lowest BCUT2D eigenvalue weighted by Crippen LogP contribution is -1.78. The van der Waals surface area contributed by atoms with Gasteiger partial charge in [0.1, 0.15) is 10.0 Å². The third-order valence-corrected chi connectivity index (χ3v) is 2.90. The van der Waals surface area contributed by atoms with Gasteiger partial charge in [0, 0.05) is 5.75 Å². The molecule has 2 nitrogen and oxygen atoms in total. The second kappa shape index (κ2) is 3.93. The molecule has 1 aromatic heterocycles.